The molecule has 0 amide bonds. The maximum Gasteiger partial charge on any atom is 0.272 e. The van der Waals surface area contributed by atoms with Crippen LogP contribution in [0.15, 0.2) is 70.5 Å². The quantitative estimate of drug-likeness (QED) is 0.532. The van der Waals surface area contributed by atoms with Gasteiger partial charge in [-0.05, 0) is 36.2 Å². The first-order chi connectivity index (χ1) is 13.1. The zero-order valence-corrected chi connectivity index (χ0v) is 15.6. The average molecular weight is 379 g/mol. The number of benzene rings is 2. The normalized spacial score (nSPS) is 10.6. The number of rotatable bonds is 4. The minimum Gasteiger partial charge on any atom is -0.550 e. The minimum atomic E-state index is -0.995. The molecule has 0 aliphatic carbocycles. The molecule has 0 bridgehead atoms. The van der Waals surface area contributed by atoms with Crippen LogP contribution < -0.4 is 10.7 Å². The second-order valence-electron chi connectivity index (χ2n) is 5.93. The van der Waals surface area contributed by atoms with E-state index in [2.05, 4.69) is 46.4 Å². The molecule has 4 aromatic rings. The van der Waals surface area contributed by atoms with Crippen LogP contribution in [-0.4, -0.2) is 15.9 Å². The Labute approximate surface area is 160 Å². The number of carboxylic acid groups (broad SMARTS) is 1. The van der Waals surface area contributed by atoms with E-state index >= 15 is 0 Å². The monoisotopic (exact) mass is 379 g/mol. The Morgan fingerprint density at radius 2 is 1.81 bits per heavy atom. The van der Waals surface area contributed by atoms with Crippen LogP contribution in [0.1, 0.15) is 18.9 Å². The Morgan fingerprint density at radius 1 is 1.07 bits per heavy atom. The molecule has 0 aliphatic heterocycles. The van der Waals surface area contributed by atoms with Gasteiger partial charge < -0.3 is 19.9 Å². The maximum atomic E-state index is 12.0. The number of carbonyl (C=O) groups is 1. The number of aromatic nitrogens is 2. The molecule has 0 atom stereocenters. The highest BCUT2D eigenvalue weighted by atomic mass is 32.2. The van der Waals surface area contributed by atoms with Crippen molar-refractivity contribution in [3.05, 3.63) is 76.7 Å². The molecule has 5 nitrogen and oxygen atoms in total. The van der Waals surface area contributed by atoms with Crippen molar-refractivity contribution >= 4 is 39.5 Å². The van der Waals surface area contributed by atoms with E-state index in [4.69, 9.17) is 0 Å². The van der Waals surface area contributed by atoms with Crippen molar-refractivity contribution in [1.82, 2.24) is 9.97 Å². The second kappa shape index (κ2) is 8.60. The van der Waals surface area contributed by atoms with Gasteiger partial charge in [-0.25, -0.2) is 0 Å². The first-order valence-corrected chi connectivity index (χ1v) is 9.56. The number of pyridine rings is 1. The number of fused-ring (bicyclic) bond motifs is 3. The Balaban J connectivity index is 0.000000376. The number of carboxylic acids is 1. The summed E-state index contributed by atoms with van der Waals surface area (Å²) in [6, 6.07) is 18.6. The van der Waals surface area contributed by atoms with Gasteiger partial charge in [0, 0.05) is 39.1 Å². The van der Waals surface area contributed by atoms with E-state index in [-0.39, 0.29) is 12.0 Å². The number of nitrogens with one attached hydrogen (secondary N) is 2. The fraction of sp³-hybridized carbons (Fsp3) is 0.143. The first-order valence-electron chi connectivity index (χ1n) is 8.58. The summed E-state index contributed by atoms with van der Waals surface area (Å²) in [5.74, 6) is -0.0589. The van der Waals surface area contributed by atoms with Crippen LogP contribution in [0.5, 0.6) is 0 Å². The smallest absolute Gasteiger partial charge is 0.272 e. The van der Waals surface area contributed by atoms with E-state index in [0.29, 0.717) is 5.52 Å². The summed E-state index contributed by atoms with van der Waals surface area (Å²) in [6.45, 7) is 1.54. The van der Waals surface area contributed by atoms with Gasteiger partial charge in [0.15, 0.2) is 0 Å². The van der Waals surface area contributed by atoms with E-state index in [9.17, 15) is 14.7 Å². The number of hydrogen-bond donors (Lipinski definition) is 2. The molecule has 0 fully saturated rings. The molecule has 0 unspecified atom stereocenters. The molecule has 4 rings (SSSR count). The fourth-order valence-corrected chi connectivity index (χ4v) is 3.54. The molecular weight excluding hydrogens is 360 g/mol. The predicted molar refractivity (Wildman–Crippen MR) is 108 cm³/mol. The minimum absolute atomic E-state index is 0.0720. The zero-order valence-electron chi connectivity index (χ0n) is 14.8. The van der Waals surface area contributed by atoms with Gasteiger partial charge in [0.1, 0.15) is 5.52 Å². The maximum absolute atomic E-state index is 12.0. The number of aromatic amines is 2. The van der Waals surface area contributed by atoms with Crippen molar-refractivity contribution in [1.29, 1.82) is 0 Å². The molecule has 0 spiro atoms. The highest BCUT2D eigenvalue weighted by molar-refractivity contribution is 7.98. The Hall–Kier alpha value is -2.99. The van der Waals surface area contributed by atoms with Crippen LogP contribution in [0.25, 0.3) is 21.8 Å². The highest BCUT2D eigenvalue weighted by Crippen LogP contribution is 2.28. The lowest BCUT2D eigenvalue weighted by atomic mass is 10.1. The van der Waals surface area contributed by atoms with Crippen LogP contribution in [0.2, 0.25) is 0 Å². The van der Waals surface area contributed by atoms with E-state index < -0.39 is 5.97 Å². The molecule has 0 saturated heterocycles. The third-order valence-electron chi connectivity index (χ3n) is 4.04. The largest absolute Gasteiger partial charge is 0.550 e. The lowest BCUT2D eigenvalue weighted by Crippen LogP contribution is -2.19. The van der Waals surface area contributed by atoms with E-state index in [1.807, 2.05) is 24.4 Å². The first kappa shape index (κ1) is 18.8. The molecule has 0 aliphatic rings. The van der Waals surface area contributed by atoms with Gasteiger partial charge in [0.2, 0.25) is 0 Å². The molecule has 0 saturated carbocycles. The number of aliphatic carboxylic acids is 1. The average Bonchev–Trinajstić information content (AvgIpc) is 3.19. The van der Waals surface area contributed by atoms with Crippen LogP contribution >= 0.6 is 11.8 Å². The Morgan fingerprint density at radius 3 is 2.52 bits per heavy atom. The lowest BCUT2D eigenvalue weighted by Gasteiger charge is -2.05. The molecule has 138 valence electrons. The number of thioether (sulfide) groups is 1. The van der Waals surface area contributed by atoms with E-state index in [0.717, 1.165) is 22.0 Å². The molecule has 2 heterocycles. The summed E-state index contributed by atoms with van der Waals surface area (Å²) in [7, 11) is 0. The summed E-state index contributed by atoms with van der Waals surface area (Å²) in [5, 5.41) is 11.3. The third-order valence-corrected chi connectivity index (χ3v) is 5.11. The van der Waals surface area contributed by atoms with Crippen LogP contribution in [0.4, 0.5) is 0 Å². The van der Waals surface area contributed by atoms with Crippen LogP contribution in [-0.2, 0) is 10.5 Å². The van der Waals surface area contributed by atoms with Crippen molar-refractivity contribution in [3.63, 3.8) is 0 Å². The van der Waals surface area contributed by atoms with Crippen LogP contribution in [0, 0.1) is 0 Å². The molecule has 2 aromatic heterocycles. The topological polar surface area (TPSA) is 88.8 Å². The molecule has 27 heavy (non-hydrogen) atoms. The molecule has 2 N–H and O–H groups in total. The third kappa shape index (κ3) is 4.60. The summed E-state index contributed by atoms with van der Waals surface area (Å²) >= 11 is 1.80. The van der Waals surface area contributed by atoms with Crippen molar-refractivity contribution in [3.8, 4) is 0 Å². The number of hydrogen-bond acceptors (Lipinski definition) is 4. The van der Waals surface area contributed by atoms with Crippen molar-refractivity contribution in [2.24, 2.45) is 0 Å². The highest BCUT2D eigenvalue weighted by Gasteiger charge is 2.07. The summed E-state index contributed by atoms with van der Waals surface area (Å²) < 4.78 is 0. The number of carbonyl (C=O) groups excluding carboxylic acids is 1. The van der Waals surface area contributed by atoms with Crippen molar-refractivity contribution in [2.45, 2.75) is 24.0 Å². The predicted octanol–water partition coefficient (Wildman–Crippen LogP) is 3.45. The van der Waals surface area contributed by atoms with E-state index in [1.165, 1.54) is 17.4 Å². The molecule has 2 aromatic carbocycles. The van der Waals surface area contributed by atoms with Gasteiger partial charge in [0.25, 0.3) is 5.56 Å². The number of H-pyrrole nitrogens is 2. The molecule has 6 heteroatoms. The molecule has 0 radical (unpaired) electrons. The lowest BCUT2D eigenvalue weighted by molar-refractivity contribution is -0.305. The second-order valence-corrected chi connectivity index (χ2v) is 6.98. The van der Waals surface area contributed by atoms with Gasteiger partial charge in [-0.3, -0.25) is 4.79 Å². The standard InChI is InChI=1S/C18H14N2OS.C3H6O2/c21-18-17-14(8-9-19-17)15-10-13(6-7-16(15)20-18)22-11-12-4-2-1-3-5-12;1-2-3(4)5/h1-10,19H,11H2,(H,20,21);2H2,1H3,(H,4,5)/p-1. The Bertz CT molecular complexity index is 1120. The Kier molecular flexibility index (Phi) is 5.98. The zero-order chi connectivity index (χ0) is 19.2. The van der Waals surface area contributed by atoms with Crippen molar-refractivity contribution < 1.29 is 9.90 Å². The van der Waals surface area contributed by atoms with Gasteiger partial charge in [-0.2, -0.15) is 0 Å². The van der Waals surface area contributed by atoms with Gasteiger partial charge >= 0.3 is 0 Å². The fourth-order valence-electron chi connectivity index (χ4n) is 2.65. The van der Waals surface area contributed by atoms with Gasteiger partial charge in [-0.15, -0.1) is 11.8 Å². The van der Waals surface area contributed by atoms with Gasteiger partial charge in [0.05, 0.1) is 0 Å². The summed E-state index contributed by atoms with van der Waals surface area (Å²) in [4.78, 5) is 28.3. The van der Waals surface area contributed by atoms with Crippen LogP contribution in [0.3, 0.4) is 0 Å². The van der Waals surface area contributed by atoms with E-state index in [1.54, 1.807) is 11.8 Å². The SMILES string of the molecule is CCC(=O)[O-].O=c1[nH]c2ccc(SCc3ccccc3)cc2c2cc[nH]c12. The summed E-state index contributed by atoms with van der Waals surface area (Å²) in [6.07, 6.45) is 1.92. The summed E-state index contributed by atoms with van der Waals surface area (Å²) in [5.41, 5.74) is 2.75. The molecular formula is C21H19N2O3S-. The van der Waals surface area contributed by atoms with Gasteiger partial charge in [-0.1, -0.05) is 37.3 Å². The van der Waals surface area contributed by atoms with Crippen molar-refractivity contribution in [2.75, 3.05) is 0 Å².